The fourth-order valence-electron chi connectivity index (χ4n) is 5.47. The third-order valence-corrected chi connectivity index (χ3v) is 9.52. The van der Waals surface area contributed by atoms with E-state index < -0.39 is 35.5 Å². The van der Waals surface area contributed by atoms with Gasteiger partial charge in [-0.05, 0) is 61.1 Å². The van der Waals surface area contributed by atoms with Crippen molar-refractivity contribution >= 4 is 50.5 Å². The second-order valence-corrected chi connectivity index (χ2v) is 12.5. The quantitative estimate of drug-likeness (QED) is 0.396. The summed E-state index contributed by atoms with van der Waals surface area (Å²) in [4.78, 5) is 26.0. The van der Waals surface area contributed by atoms with Crippen molar-refractivity contribution in [3.05, 3.63) is 34.4 Å². The highest BCUT2D eigenvalue weighted by Crippen LogP contribution is 2.44. The molecule has 4 heterocycles. The van der Waals surface area contributed by atoms with Crippen LogP contribution in [0.3, 0.4) is 0 Å². The number of piperazine rings is 1. The van der Waals surface area contributed by atoms with Crippen LogP contribution in [0.1, 0.15) is 31.4 Å². The van der Waals surface area contributed by atoms with Crippen LogP contribution in [0.5, 0.6) is 0 Å². The molecule has 0 spiro atoms. The Morgan fingerprint density at radius 2 is 1.86 bits per heavy atom. The molecule has 1 aromatic heterocycles. The Hall–Kier alpha value is -2.25. The highest BCUT2D eigenvalue weighted by atomic mass is 79.9. The minimum absolute atomic E-state index is 0.211. The number of benzene rings is 1. The Bertz CT molecular complexity index is 1200. The van der Waals surface area contributed by atoms with E-state index in [1.54, 1.807) is 0 Å². The summed E-state index contributed by atoms with van der Waals surface area (Å²) in [6.07, 6.45) is -1.44. The van der Waals surface area contributed by atoms with Crippen molar-refractivity contribution in [2.75, 3.05) is 40.6 Å². The largest absolute Gasteiger partial charge is 0.611 e. The number of fused-ring (bicyclic) bond motifs is 3. The maximum atomic E-state index is 12.8. The van der Waals surface area contributed by atoms with Gasteiger partial charge in [0.15, 0.2) is 5.82 Å². The van der Waals surface area contributed by atoms with E-state index in [1.807, 2.05) is 12.1 Å². The van der Waals surface area contributed by atoms with Gasteiger partial charge < -0.3 is 24.4 Å². The van der Waals surface area contributed by atoms with Crippen molar-refractivity contribution in [2.24, 2.45) is 0 Å². The zero-order valence-corrected chi connectivity index (χ0v) is 22.2. The summed E-state index contributed by atoms with van der Waals surface area (Å²) in [5.41, 5.74) is 1.03. The number of halogens is 4. The molecule has 0 radical (unpaired) electrons. The lowest BCUT2D eigenvalue weighted by Crippen LogP contribution is -2.54. The third kappa shape index (κ3) is 4.85. The first-order valence-corrected chi connectivity index (χ1v) is 14.3. The van der Waals surface area contributed by atoms with Crippen LogP contribution < -0.4 is 15.1 Å². The molecule has 4 aliphatic rings. The molecule has 0 amide bonds. The highest BCUT2D eigenvalue weighted by molar-refractivity contribution is 9.10. The fourth-order valence-corrected chi connectivity index (χ4v) is 7.04. The summed E-state index contributed by atoms with van der Waals surface area (Å²) in [6.45, 7) is 1.22. The summed E-state index contributed by atoms with van der Waals surface area (Å²) >= 11 is 2.19. The van der Waals surface area contributed by atoms with Crippen LogP contribution in [0.25, 0.3) is 0 Å². The molecular weight excluding hydrogens is 575 g/mol. The van der Waals surface area contributed by atoms with Crippen LogP contribution >= 0.6 is 15.9 Å². The average molecular weight is 600 g/mol. The van der Waals surface area contributed by atoms with Crippen LogP contribution in [-0.2, 0) is 27.1 Å². The Morgan fingerprint density at radius 1 is 1.19 bits per heavy atom. The maximum Gasteiger partial charge on any atom is 0.490 e. The summed E-state index contributed by atoms with van der Waals surface area (Å²) in [5, 5.41) is 3.21. The molecule has 1 aromatic carbocycles. The van der Waals surface area contributed by atoms with Gasteiger partial charge >= 0.3 is 12.1 Å². The molecule has 3 aliphatic heterocycles. The van der Waals surface area contributed by atoms with Crippen LogP contribution in [0.4, 0.5) is 30.6 Å². The first-order valence-electron chi connectivity index (χ1n) is 12.2. The number of esters is 1. The number of carbonyl (C=O) groups excluding carboxylic acids is 1. The van der Waals surface area contributed by atoms with Crippen LogP contribution in [0.2, 0.25) is 0 Å². The van der Waals surface area contributed by atoms with E-state index in [4.69, 9.17) is 9.97 Å². The number of nitrogens with zero attached hydrogens (tertiary/aromatic N) is 4. The predicted octanol–water partition coefficient (Wildman–Crippen LogP) is 3.81. The van der Waals surface area contributed by atoms with Crippen LogP contribution in [-0.4, -0.2) is 69.7 Å². The molecule has 8 nitrogen and oxygen atoms in total. The number of rotatable bonds is 6. The van der Waals surface area contributed by atoms with Gasteiger partial charge in [-0.25, -0.2) is 9.78 Å². The Labute approximate surface area is 223 Å². The molecule has 2 saturated heterocycles. The maximum absolute atomic E-state index is 12.8. The number of nitrogens with one attached hydrogen (secondary N) is 1. The van der Waals surface area contributed by atoms with Gasteiger partial charge in [-0.2, -0.15) is 18.2 Å². The number of carbonyl (C=O) groups is 1. The lowest BCUT2D eigenvalue weighted by atomic mass is 10.1. The lowest BCUT2D eigenvalue weighted by molar-refractivity contribution is -0.200. The number of ether oxygens (including phenoxy) is 1. The van der Waals surface area contributed by atoms with Crippen molar-refractivity contribution in [3.8, 4) is 0 Å². The van der Waals surface area contributed by atoms with Gasteiger partial charge in [0.25, 0.3) is 0 Å². The predicted molar refractivity (Wildman–Crippen MR) is 135 cm³/mol. The number of hydrogen-bond acceptors (Lipinski definition) is 8. The van der Waals surface area contributed by atoms with Crippen molar-refractivity contribution in [1.82, 2.24) is 9.97 Å². The zero-order chi connectivity index (χ0) is 25.9. The molecular formula is C24H25BrF3N5O3S. The second kappa shape index (κ2) is 9.19. The molecule has 3 unspecified atom stereocenters. The van der Waals surface area contributed by atoms with Gasteiger partial charge in [0.05, 0.1) is 5.54 Å². The monoisotopic (exact) mass is 599 g/mol. The average Bonchev–Trinajstić information content (AvgIpc) is 3.44. The van der Waals surface area contributed by atoms with E-state index in [-0.39, 0.29) is 12.1 Å². The molecule has 1 aliphatic carbocycles. The van der Waals surface area contributed by atoms with E-state index in [0.717, 1.165) is 36.1 Å². The summed E-state index contributed by atoms with van der Waals surface area (Å²) in [5.74, 6) is -0.835. The lowest BCUT2D eigenvalue weighted by Gasteiger charge is -2.42. The van der Waals surface area contributed by atoms with E-state index in [2.05, 4.69) is 47.9 Å². The number of aromatic nitrogens is 2. The smallest absolute Gasteiger partial charge is 0.490 e. The van der Waals surface area contributed by atoms with Crippen LogP contribution in [0, 0.1) is 0 Å². The molecule has 198 valence electrons. The summed E-state index contributed by atoms with van der Waals surface area (Å²) in [6, 6.07) is 8.69. The molecule has 3 fully saturated rings. The SMILES string of the molecule is O=C(OCC1(Nc2nc(N3C4CCC3CN(c3ccc(Br)cc3)C4)nc3c2[S+]([O-])CC3)CC1)C(F)(F)F. The molecule has 37 heavy (non-hydrogen) atoms. The topological polar surface area (TPSA) is 93.7 Å². The molecule has 1 N–H and O–H groups in total. The van der Waals surface area contributed by atoms with Gasteiger partial charge in [-0.1, -0.05) is 15.9 Å². The summed E-state index contributed by atoms with van der Waals surface area (Å²) in [7, 11) is 0. The van der Waals surface area contributed by atoms with Gasteiger partial charge in [0.2, 0.25) is 10.8 Å². The van der Waals surface area contributed by atoms with E-state index >= 15 is 0 Å². The van der Waals surface area contributed by atoms with Gasteiger partial charge in [-0.15, -0.1) is 0 Å². The molecule has 1 saturated carbocycles. The first kappa shape index (κ1) is 25.1. The molecule has 2 aromatic rings. The molecule has 2 bridgehead atoms. The van der Waals surface area contributed by atoms with Crippen molar-refractivity contribution < 1.29 is 27.3 Å². The number of aryl methyl sites for hydroxylation is 1. The third-order valence-electron chi connectivity index (χ3n) is 7.53. The number of hydrogen-bond donors (Lipinski definition) is 1. The molecule has 3 atom stereocenters. The molecule has 6 rings (SSSR count). The number of anilines is 3. The van der Waals surface area contributed by atoms with Gasteiger partial charge in [-0.3, -0.25) is 0 Å². The van der Waals surface area contributed by atoms with Gasteiger partial charge in [0, 0.05) is 41.8 Å². The van der Waals surface area contributed by atoms with Gasteiger partial charge in [0.1, 0.15) is 18.1 Å². The van der Waals surface area contributed by atoms with Crippen molar-refractivity contribution in [1.29, 1.82) is 0 Å². The minimum atomic E-state index is -5.04. The second-order valence-electron chi connectivity index (χ2n) is 10.1. The van der Waals surface area contributed by atoms with Crippen molar-refractivity contribution in [3.63, 3.8) is 0 Å². The normalized spacial score (nSPS) is 25.7. The zero-order valence-electron chi connectivity index (χ0n) is 19.8. The van der Waals surface area contributed by atoms with E-state index in [0.29, 0.717) is 47.4 Å². The first-order chi connectivity index (χ1) is 17.6. The Kier molecular flexibility index (Phi) is 6.22. The van der Waals surface area contributed by atoms with E-state index in [9.17, 15) is 22.5 Å². The van der Waals surface area contributed by atoms with Crippen molar-refractivity contribution in [2.45, 2.75) is 60.8 Å². The Morgan fingerprint density at radius 3 is 2.49 bits per heavy atom. The standard InChI is InChI=1S/C24H25BrF3N5O3S/c25-14-1-3-15(4-2-14)32-11-16-5-6-17(12-32)33(16)22-29-18-7-10-37(35)19(18)20(30-22)31-23(8-9-23)13-36-21(34)24(26,27)28/h1-4,16-17H,5-13H2,(H,29,30,31). The number of alkyl halides is 3. The minimum Gasteiger partial charge on any atom is -0.611 e. The Balaban J connectivity index is 1.24. The summed E-state index contributed by atoms with van der Waals surface area (Å²) < 4.78 is 56.2. The van der Waals surface area contributed by atoms with Crippen LogP contribution in [0.15, 0.2) is 33.6 Å². The fraction of sp³-hybridized carbons (Fsp3) is 0.542. The molecule has 13 heteroatoms. The van der Waals surface area contributed by atoms with E-state index in [1.165, 1.54) is 0 Å². The highest BCUT2D eigenvalue weighted by Gasteiger charge is 2.50.